The first-order chi connectivity index (χ1) is 13.0. The van der Waals surface area contributed by atoms with Crippen LogP contribution in [-0.2, 0) is 10.0 Å². The van der Waals surface area contributed by atoms with Crippen LogP contribution in [0.3, 0.4) is 0 Å². The van der Waals surface area contributed by atoms with Crippen molar-refractivity contribution >= 4 is 32.7 Å². The third-order valence-electron chi connectivity index (χ3n) is 3.69. The molecule has 0 saturated carbocycles. The van der Waals surface area contributed by atoms with Gasteiger partial charge in [-0.2, -0.15) is 5.10 Å². The van der Waals surface area contributed by atoms with Crippen molar-refractivity contribution in [1.29, 1.82) is 0 Å². The molecule has 0 atom stereocenters. The van der Waals surface area contributed by atoms with Gasteiger partial charge in [-0.25, -0.2) is 22.8 Å². The zero-order valence-electron chi connectivity index (χ0n) is 16.3. The maximum atomic E-state index is 12.4. The molecule has 9 nitrogen and oxygen atoms in total. The van der Waals surface area contributed by atoms with Gasteiger partial charge in [-0.3, -0.25) is 4.79 Å². The molecule has 0 radical (unpaired) electrons. The van der Waals surface area contributed by atoms with E-state index in [1.165, 1.54) is 18.3 Å². The Hall–Kier alpha value is -2.72. The number of sulfonamides is 1. The summed E-state index contributed by atoms with van der Waals surface area (Å²) < 4.78 is 34.1. The van der Waals surface area contributed by atoms with Gasteiger partial charge in [0.1, 0.15) is 0 Å². The zero-order valence-corrected chi connectivity index (χ0v) is 17.2. The number of anilines is 1. The molecule has 1 amide bonds. The molecule has 3 aromatic rings. The van der Waals surface area contributed by atoms with E-state index in [4.69, 9.17) is 4.42 Å². The fourth-order valence-corrected chi connectivity index (χ4v) is 3.97. The average Bonchev–Trinajstić information content (AvgIpc) is 3.19. The first-order valence-electron chi connectivity index (χ1n) is 8.75. The Morgan fingerprint density at radius 3 is 2.57 bits per heavy atom. The summed E-state index contributed by atoms with van der Waals surface area (Å²) >= 11 is 0. The Labute approximate surface area is 163 Å². The summed E-state index contributed by atoms with van der Waals surface area (Å²) in [7, 11) is -3.86. The lowest BCUT2D eigenvalue weighted by molar-refractivity contribution is 0.0991. The fraction of sp³-hybridized carbons (Fsp3) is 0.389. The number of nitrogens with zero attached hydrogens (tertiary/aromatic N) is 3. The van der Waals surface area contributed by atoms with E-state index in [0.717, 1.165) is 5.39 Å². The second-order valence-corrected chi connectivity index (χ2v) is 9.36. The topological polar surface area (TPSA) is 119 Å². The summed E-state index contributed by atoms with van der Waals surface area (Å²) in [6.45, 7) is 9.14. The van der Waals surface area contributed by atoms with E-state index in [9.17, 15) is 13.2 Å². The monoisotopic (exact) mass is 405 g/mol. The summed E-state index contributed by atoms with van der Waals surface area (Å²) in [5, 5.41) is 7.40. The minimum Gasteiger partial charge on any atom is -0.438 e. The van der Waals surface area contributed by atoms with Crippen LogP contribution in [0.5, 0.6) is 0 Å². The van der Waals surface area contributed by atoms with Crippen LogP contribution in [0.2, 0.25) is 0 Å². The number of fused-ring (bicyclic) bond motifs is 1. The normalized spacial score (nSPS) is 12.6. The van der Waals surface area contributed by atoms with Gasteiger partial charge in [0.15, 0.2) is 11.4 Å². The van der Waals surface area contributed by atoms with Crippen LogP contribution < -0.4 is 10.0 Å². The SMILES string of the molecule is CC(C)n1ncc2cc(NC(=O)c3ccc(S(=O)(=O)NC(C)(C)C)o3)cnc21. The Morgan fingerprint density at radius 1 is 1.21 bits per heavy atom. The van der Waals surface area contributed by atoms with E-state index < -0.39 is 21.5 Å². The molecule has 3 aromatic heterocycles. The van der Waals surface area contributed by atoms with Gasteiger partial charge in [0.05, 0.1) is 18.1 Å². The first-order valence-corrected chi connectivity index (χ1v) is 10.2. The van der Waals surface area contributed by atoms with E-state index in [1.807, 2.05) is 13.8 Å². The predicted octanol–water partition coefficient (Wildman–Crippen LogP) is 2.93. The van der Waals surface area contributed by atoms with Crippen molar-refractivity contribution in [2.75, 3.05) is 5.32 Å². The summed E-state index contributed by atoms with van der Waals surface area (Å²) in [6, 6.07) is 4.47. The largest absolute Gasteiger partial charge is 0.438 e. The third kappa shape index (κ3) is 4.23. The number of furan rings is 1. The van der Waals surface area contributed by atoms with Crippen LogP contribution in [-0.4, -0.2) is 34.6 Å². The Bertz CT molecular complexity index is 1120. The van der Waals surface area contributed by atoms with Crippen molar-refractivity contribution in [2.45, 2.75) is 51.3 Å². The van der Waals surface area contributed by atoms with Crippen molar-refractivity contribution in [3.05, 3.63) is 36.4 Å². The summed E-state index contributed by atoms with van der Waals surface area (Å²) in [5.74, 6) is -0.693. The van der Waals surface area contributed by atoms with Gasteiger partial charge >= 0.3 is 0 Å². The molecule has 28 heavy (non-hydrogen) atoms. The molecule has 0 bridgehead atoms. The average molecular weight is 405 g/mol. The maximum absolute atomic E-state index is 12.4. The summed E-state index contributed by atoms with van der Waals surface area (Å²) in [4.78, 5) is 16.8. The maximum Gasteiger partial charge on any atom is 0.291 e. The molecule has 0 spiro atoms. The number of carbonyl (C=O) groups excluding carboxylic acids is 1. The molecule has 0 aromatic carbocycles. The summed E-state index contributed by atoms with van der Waals surface area (Å²) in [6.07, 6.45) is 3.19. The highest BCUT2D eigenvalue weighted by molar-refractivity contribution is 7.89. The molecule has 3 heterocycles. The second-order valence-electron chi connectivity index (χ2n) is 7.75. The quantitative estimate of drug-likeness (QED) is 0.673. The van der Waals surface area contributed by atoms with E-state index in [1.54, 1.807) is 37.7 Å². The van der Waals surface area contributed by atoms with Crippen molar-refractivity contribution in [1.82, 2.24) is 19.5 Å². The lowest BCUT2D eigenvalue weighted by atomic mass is 10.1. The van der Waals surface area contributed by atoms with Crippen molar-refractivity contribution in [3.8, 4) is 0 Å². The number of carbonyl (C=O) groups is 1. The first kappa shape index (κ1) is 20.0. The van der Waals surface area contributed by atoms with Gasteiger partial charge in [-0.1, -0.05) is 0 Å². The van der Waals surface area contributed by atoms with Crippen molar-refractivity contribution < 1.29 is 17.6 Å². The smallest absolute Gasteiger partial charge is 0.291 e. The van der Waals surface area contributed by atoms with E-state index in [2.05, 4.69) is 20.1 Å². The lowest BCUT2D eigenvalue weighted by Gasteiger charge is -2.18. The van der Waals surface area contributed by atoms with Crippen LogP contribution in [0, 0.1) is 0 Å². The number of hydrogen-bond donors (Lipinski definition) is 2. The predicted molar refractivity (Wildman–Crippen MR) is 105 cm³/mol. The minimum absolute atomic E-state index is 0.118. The van der Waals surface area contributed by atoms with Gasteiger partial charge < -0.3 is 9.73 Å². The number of rotatable bonds is 5. The van der Waals surface area contributed by atoms with Gasteiger partial charge in [0, 0.05) is 17.0 Å². The van der Waals surface area contributed by atoms with Crippen molar-refractivity contribution in [2.24, 2.45) is 0 Å². The van der Waals surface area contributed by atoms with Gasteiger partial charge in [-0.05, 0) is 52.8 Å². The molecular weight excluding hydrogens is 382 g/mol. The van der Waals surface area contributed by atoms with Crippen LogP contribution in [0.15, 0.2) is 40.1 Å². The van der Waals surface area contributed by atoms with Gasteiger partial charge in [0.2, 0.25) is 5.09 Å². The van der Waals surface area contributed by atoms with Gasteiger partial charge in [-0.15, -0.1) is 0 Å². The fourth-order valence-electron chi connectivity index (χ4n) is 2.62. The molecule has 0 unspecified atom stereocenters. The minimum atomic E-state index is -3.86. The molecule has 0 saturated heterocycles. The highest BCUT2D eigenvalue weighted by Crippen LogP contribution is 2.21. The van der Waals surface area contributed by atoms with Crippen LogP contribution in [0.25, 0.3) is 11.0 Å². The van der Waals surface area contributed by atoms with Crippen LogP contribution in [0.1, 0.15) is 51.2 Å². The summed E-state index contributed by atoms with van der Waals surface area (Å²) in [5.41, 5.74) is 0.497. The van der Waals surface area contributed by atoms with Crippen LogP contribution in [0.4, 0.5) is 5.69 Å². The molecule has 0 aliphatic carbocycles. The molecule has 0 aliphatic heterocycles. The second kappa shape index (κ2) is 7.02. The van der Waals surface area contributed by atoms with E-state index >= 15 is 0 Å². The highest BCUT2D eigenvalue weighted by Gasteiger charge is 2.26. The standard InChI is InChI=1S/C18H23N5O4S/c1-11(2)23-16-12(9-20-23)8-13(10-19-16)21-17(24)14-6-7-15(27-14)28(25,26)22-18(3,4)5/h6-11,22H,1-5H3,(H,21,24). The Morgan fingerprint density at radius 2 is 1.93 bits per heavy atom. The Balaban J connectivity index is 1.79. The number of hydrogen-bond acceptors (Lipinski definition) is 6. The lowest BCUT2D eigenvalue weighted by Crippen LogP contribution is -2.40. The third-order valence-corrected chi connectivity index (χ3v) is 5.32. The molecule has 2 N–H and O–H groups in total. The highest BCUT2D eigenvalue weighted by atomic mass is 32.2. The van der Waals surface area contributed by atoms with E-state index in [0.29, 0.717) is 11.3 Å². The Kier molecular flexibility index (Phi) is 5.02. The molecule has 0 fully saturated rings. The van der Waals surface area contributed by atoms with Crippen molar-refractivity contribution in [3.63, 3.8) is 0 Å². The molecule has 10 heteroatoms. The molecule has 0 aliphatic rings. The molecule has 150 valence electrons. The molecule has 3 rings (SSSR count). The molecular formula is C18H23N5O4S. The number of amides is 1. The number of pyridine rings is 1. The number of nitrogens with one attached hydrogen (secondary N) is 2. The van der Waals surface area contributed by atoms with Gasteiger partial charge in [0.25, 0.3) is 15.9 Å². The zero-order chi connectivity index (χ0) is 20.7. The number of aromatic nitrogens is 3. The van der Waals surface area contributed by atoms with Crippen LogP contribution >= 0.6 is 0 Å². The van der Waals surface area contributed by atoms with E-state index in [-0.39, 0.29) is 16.9 Å².